The van der Waals surface area contributed by atoms with Crippen LogP contribution in [0, 0.1) is 11.3 Å². The maximum Gasteiger partial charge on any atom is 0.350 e. The number of carbonyl (C=O) groups is 1. The Hall–Kier alpha value is -2.00. The first-order valence-electron chi connectivity index (χ1n) is 5.88. The molecule has 6 heteroatoms. The number of hydrogen-bond acceptors (Lipinski definition) is 6. The predicted molar refractivity (Wildman–Crippen MR) is 77.3 cm³/mol. The molecule has 0 unspecified atom stereocenters. The molecule has 0 spiro atoms. The van der Waals surface area contributed by atoms with Crippen LogP contribution in [0.25, 0.3) is 0 Å². The zero-order chi connectivity index (χ0) is 14.4. The summed E-state index contributed by atoms with van der Waals surface area (Å²) in [5.74, 6) is -0.489. The van der Waals surface area contributed by atoms with Crippen molar-refractivity contribution < 1.29 is 9.53 Å². The third-order valence-corrected chi connectivity index (χ3v) is 3.43. The van der Waals surface area contributed by atoms with E-state index in [1.54, 1.807) is 6.92 Å². The third kappa shape index (κ3) is 3.73. The van der Waals surface area contributed by atoms with Crippen LogP contribution in [-0.2, 0) is 4.74 Å². The molecule has 1 aromatic heterocycles. The standard InChI is InChI=1S/C13H17N3O2S/c1-4-18-13(17)11-10(15)9(7-14)12(19-11)16-6-5-8(2)3/h5,16H,4,6,15H2,1-3H3. The molecule has 0 fully saturated rings. The van der Waals surface area contributed by atoms with Gasteiger partial charge in [0, 0.05) is 6.54 Å². The number of rotatable bonds is 5. The van der Waals surface area contributed by atoms with E-state index in [1.165, 1.54) is 5.57 Å². The Kier molecular flexibility index (Phi) is 5.39. The van der Waals surface area contributed by atoms with E-state index >= 15 is 0 Å². The number of esters is 1. The van der Waals surface area contributed by atoms with Crippen molar-refractivity contribution >= 4 is 28.0 Å². The zero-order valence-corrected chi connectivity index (χ0v) is 12.1. The summed E-state index contributed by atoms with van der Waals surface area (Å²) < 4.78 is 4.91. The van der Waals surface area contributed by atoms with Crippen LogP contribution in [0.4, 0.5) is 10.7 Å². The summed E-state index contributed by atoms with van der Waals surface area (Å²) in [6, 6.07) is 2.01. The highest BCUT2D eigenvalue weighted by Crippen LogP contribution is 2.35. The van der Waals surface area contributed by atoms with Gasteiger partial charge in [-0.2, -0.15) is 5.26 Å². The molecule has 0 aliphatic rings. The summed E-state index contributed by atoms with van der Waals surface area (Å²) in [6.07, 6.45) is 1.99. The Morgan fingerprint density at radius 1 is 1.58 bits per heavy atom. The summed E-state index contributed by atoms with van der Waals surface area (Å²) >= 11 is 1.15. The summed E-state index contributed by atoms with van der Waals surface area (Å²) in [5.41, 5.74) is 7.46. The third-order valence-electron chi connectivity index (χ3n) is 2.29. The summed E-state index contributed by atoms with van der Waals surface area (Å²) in [7, 11) is 0. The molecule has 0 atom stereocenters. The van der Waals surface area contributed by atoms with Gasteiger partial charge >= 0.3 is 5.97 Å². The molecule has 1 aromatic rings. The lowest BCUT2D eigenvalue weighted by Gasteiger charge is -2.00. The second kappa shape index (κ2) is 6.81. The molecule has 1 heterocycles. The van der Waals surface area contributed by atoms with Crippen molar-refractivity contribution in [3.05, 3.63) is 22.1 Å². The van der Waals surface area contributed by atoms with Crippen LogP contribution >= 0.6 is 11.3 Å². The molecule has 19 heavy (non-hydrogen) atoms. The topological polar surface area (TPSA) is 88.1 Å². The van der Waals surface area contributed by atoms with Gasteiger partial charge in [0.1, 0.15) is 21.5 Å². The monoisotopic (exact) mass is 279 g/mol. The Labute approximate surface area is 116 Å². The highest BCUT2D eigenvalue weighted by atomic mass is 32.1. The lowest BCUT2D eigenvalue weighted by atomic mass is 10.2. The molecule has 0 bridgehead atoms. The number of nitrogen functional groups attached to an aromatic ring is 1. The van der Waals surface area contributed by atoms with Crippen LogP contribution in [-0.4, -0.2) is 19.1 Å². The van der Waals surface area contributed by atoms with E-state index < -0.39 is 5.97 Å². The first-order valence-corrected chi connectivity index (χ1v) is 6.69. The van der Waals surface area contributed by atoms with Crippen molar-refractivity contribution in [3.8, 4) is 6.07 Å². The molecule has 5 nitrogen and oxygen atoms in total. The van der Waals surface area contributed by atoms with Crippen LogP contribution in [0.3, 0.4) is 0 Å². The molecule has 102 valence electrons. The smallest absolute Gasteiger partial charge is 0.350 e. The van der Waals surface area contributed by atoms with Gasteiger partial charge < -0.3 is 15.8 Å². The number of nitrogens with two attached hydrogens (primary N) is 1. The van der Waals surface area contributed by atoms with Crippen molar-refractivity contribution in [2.24, 2.45) is 0 Å². The normalized spacial score (nSPS) is 9.58. The van der Waals surface area contributed by atoms with E-state index in [9.17, 15) is 4.79 Å². The van der Waals surface area contributed by atoms with E-state index in [4.69, 9.17) is 15.7 Å². The molecule has 0 radical (unpaired) electrons. The Balaban J connectivity index is 2.99. The second-order valence-electron chi connectivity index (χ2n) is 4.04. The maximum absolute atomic E-state index is 11.7. The highest BCUT2D eigenvalue weighted by Gasteiger charge is 2.21. The first-order chi connectivity index (χ1) is 9.01. The maximum atomic E-state index is 11.7. The summed E-state index contributed by atoms with van der Waals surface area (Å²) in [5, 5.41) is 12.8. The SMILES string of the molecule is CCOC(=O)c1sc(NCC=C(C)C)c(C#N)c1N. The van der Waals surface area contributed by atoms with E-state index in [2.05, 4.69) is 5.32 Å². The molecule has 0 amide bonds. The van der Waals surface area contributed by atoms with Gasteiger partial charge in [0.2, 0.25) is 0 Å². The Morgan fingerprint density at radius 3 is 2.79 bits per heavy atom. The molecule has 0 aliphatic carbocycles. The Morgan fingerprint density at radius 2 is 2.26 bits per heavy atom. The molecule has 0 aliphatic heterocycles. The van der Waals surface area contributed by atoms with Gasteiger partial charge in [0.05, 0.1) is 12.3 Å². The fraction of sp³-hybridized carbons (Fsp3) is 0.385. The van der Waals surface area contributed by atoms with Crippen LogP contribution in [0.5, 0.6) is 0 Å². The predicted octanol–water partition coefficient (Wildman–Crippen LogP) is 2.76. The number of thiophene rings is 1. The lowest BCUT2D eigenvalue weighted by Crippen LogP contribution is -2.05. The van der Waals surface area contributed by atoms with E-state index in [0.717, 1.165) is 11.3 Å². The number of anilines is 2. The van der Waals surface area contributed by atoms with Crippen molar-refractivity contribution in [2.45, 2.75) is 20.8 Å². The fourth-order valence-corrected chi connectivity index (χ4v) is 2.35. The lowest BCUT2D eigenvalue weighted by molar-refractivity contribution is 0.0533. The minimum absolute atomic E-state index is 0.186. The van der Waals surface area contributed by atoms with Crippen molar-refractivity contribution in [2.75, 3.05) is 24.2 Å². The number of allylic oxidation sites excluding steroid dienone is 1. The fourth-order valence-electron chi connectivity index (χ4n) is 1.38. The minimum Gasteiger partial charge on any atom is -0.462 e. The molecular weight excluding hydrogens is 262 g/mol. The zero-order valence-electron chi connectivity index (χ0n) is 11.2. The van der Waals surface area contributed by atoms with Gasteiger partial charge in [0.15, 0.2) is 0 Å². The average Bonchev–Trinajstić information content (AvgIpc) is 2.65. The molecule has 3 N–H and O–H groups in total. The van der Waals surface area contributed by atoms with Crippen molar-refractivity contribution in [1.29, 1.82) is 5.26 Å². The van der Waals surface area contributed by atoms with E-state index in [-0.39, 0.29) is 17.2 Å². The first kappa shape index (κ1) is 15.1. The minimum atomic E-state index is -0.489. The number of nitrogens with one attached hydrogen (secondary N) is 1. The number of nitriles is 1. The highest BCUT2D eigenvalue weighted by molar-refractivity contribution is 7.18. The van der Waals surface area contributed by atoms with Gasteiger partial charge in [0.25, 0.3) is 0 Å². The van der Waals surface area contributed by atoms with Crippen LogP contribution in [0.15, 0.2) is 11.6 Å². The molecular formula is C13H17N3O2S. The molecule has 0 saturated carbocycles. The number of hydrogen-bond donors (Lipinski definition) is 2. The number of nitrogens with zero attached hydrogens (tertiary/aromatic N) is 1. The number of carbonyl (C=O) groups excluding carboxylic acids is 1. The Bertz CT molecular complexity index is 537. The van der Waals surface area contributed by atoms with Crippen LogP contribution in [0.1, 0.15) is 36.0 Å². The van der Waals surface area contributed by atoms with E-state index in [0.29, 0.717) is 17.1 Å². The van der Waals surface area contributed by atoms with Gasteiger partial charge in [-0.1, -0.05) is 11.6 Å². The van der Waals surface area contributed by atoms with Gasteiger partial charge in [-0.05, 0) is 20.8 Å². The largest absolute Gasteiger partial charge is 0.462 e. The molecule has 0 aromatic carbocycles. The van der Waals surface area contributed by atoms with Gasteiger partial charge in [-0.15, -0.1) is 11.3 Å². The quantitative estimate of drug-likeness (QED) is 0.639. The van der Waals surface area contributed by atoms with Crippen molar-refractivity contribution in [3.63, 3.8) is 0 Å². The molecule has 1 rings (SSSR count). The second-order valence-corrected chi connectivity index (χ2v) is 5.06. The average molecular weight is 279 g/mol. The van der Waals surface area contributed by atoms with Crippen LogP contribution < -0.4 is 11.1 Å². The van der Waals surface area contributed by atoms with Crippen LogP contribution in [0.2, 0.25) is 0 Å². The molecule has 0 saturated heterocycles. The van der Waals surface area contributed by atoms with E-state index in [1.807, 2.05) is 26.0 Å². The van der Waals surface area contributed by atoms with Crippen molar-refractivity contribution in [1.82, 2.24) is 0 Å². The van der Waals surface area contributed by atoms with Gasteiger partial charge in [-0.25, -0.2) is 4.79 Å². The van der Waals surface area contributed by atoms with Gasteiger partial charge in [-0.3, -0.25) is 0 Å². The number of ether oxygens (including phenoxy) is 1. The summed E-state index contributed by atoms with van der Waals surface area (Å²) in [4.78, 5) is 12.0. The summed E-state index contributed by atoms with van der Waals surface area (Å²) in [6.45, 7) is 6.55.